The van der Waals surface area contributed by atoms with E-state index in [1.165, 1.54) is 0 Å². The molecule has 0 radical (unpaired) electrons. The van der Waals surface area contributed by atoms with Gasteiger partial charge >= 0.3 is 0 Å². The van der Waals surface area contributed by atoms with Crippen LogP contribution in [0.3, 0.4) is 0 Å². The van der Waals surface area contributed by atoms with Crippen molar-refractivity contribution in [1.82, 2.24) is 20.4 Å². The number of ether oxygens (including phenoxy) is 1. The van der Waals surface area contributed by atoms with Crippen molar-refractivity contribution in [1.29, 1.82) is 0 Å². The fourth-order valence-electron chi connectivity index (χ4n) is 2.25. The van der Waals surface area contributed by atoms with E-state index in [9.17, 15) is 0 Å². The smallest absolute Gasteiger partial charge is 0.191 e. The highest BCUT2D eigenvalue weighted by molar-refractivity contribution is 14.0. The van der Waals surface area contributed by atoms with Crippen LogP contribution in [0.4, 0.5) is 0 Å². The van der Waals surface area contributed by atoms with E-state index < -0.39 is 0 Å². The maximum absolute atomic E-state index is 5.98. The summed E-state index contributed by atoms with van der Waals surface area (Å²) in [6.45, 7) is 8.21. The molecule has 2 aromatic rings. The minimum atomic E-state index is 0. The fourth-order valence-corrected chi connectivity index (χ4v) is 2.25. The summed E-state index contributed by atoms with van der Waals surface area (Å²) in [6.07, 6.45) is 1.82. The van der Waals surface area contributed by atoms with Crippen LogP contribution < -0.4 is 15.4 Å². The van der Waals surface area contributed by atoms with Gasteiger partial charge in [-0.1, -0.05) is 18.2 Å². The van der Waals surface area contributed by atoms with Gasteiger partial charge in [-0.3, -0.25) is 4.68 Å². The highest BCUT2D eigenvalue weighted by Gasteiger charge is 2.07. The average molecular weight is 457 g/mol. The molecule has 1 unspecified atom stereocenters. The van der Waals surface area contributed by atoms with Gasteiger partial charge in [-0.25, -0.2) is 4.99 Å². The van der Waals surface area contributed by atoms with Gasteiger partial charge in [-0.15, -0.1) is 24.0 Å². The summed E-state index contributed by atoms with van der Waals surface area (Å²) in [5, 5.41) is 10.7. The van der Waals surface area contributed by atoms with E-state index in [1.807, 2.05) is 42.9 Å². The molecule has 25 heavy (non-hydrogen) atoms. The molecule has 6 nitrogen and oxygen atoms in total. The summed E-state index contributed by atoms with van der Waals surface area (Å²) in [5.41, 5.74) is 2.21. The van der Waals surface area contributed by atoms with Crippen LogP contribution in [-0.2, 0) is 13.6 Å². The zero-order valence-corrected chi connectivity index (χ0v) is 17.7. The number of aromatic nitrogens is 2. The molecule has 0 saturated heterocycles. The van der Waals surface area contributed by atoms with Crippen molar-refractivity contribution in [2.75, 3.05) is 13.1 Å². The van der Waals surface area contributed by atoms with Gasteiger partial charge in [0, 0.05) is 19.8 Å². The van der Waals surface area contributed by atoms with Crippen molar-refractivity contribution in [3.05, 3.63) is 47.8 Å². The van der Waals surface area contributed by atoms with Crippen LogP contribution in [0.15, 0.2) is 41.5 Å². The number of nitrogens with zero attached hydrogens (tertiary/aromatic N) is 3. The molecule has 138 valence electrons. The molecule has 0 bridgehead atoms. The Morgan fingerprint density at radius 1 is 1.28 bits per heavy atom. The molecule has 1 atom stereocenters. The summed E-state index contributed by atoms with van der Waals surface area (Å²) >= 11 is 0. The first-order valence-electron chi connectivity index (χ1n) is 8.31. The van der Waals surface area contributed by atoms with E-state index in [-0.39, 0.29) is 30.1 Å². The van der Waals surface area contributed by atoms with Crippen molar-refractivity contribution in [3.8, 4) is 5.75 Å². The Bertz CT molecular complexity index is 671. The number of nitrogens with one attached hydrogen (secondary N) is 2. The van der Waals surface area contributed by atoms with E-state index in [0.29, 0.717) is 13.1 Å². The van der Waals surface area contributed by atoms with Crippen molar-refractivity contribution < 1.29 is 4.74 Å². The Balaban J connectivity index is 0.00000312. The monoisotopic (exact) mass is 457 g/mol. The zero-order chi connectivity index (χ0) is 17.4. The Morgan fingerprint density at radius 3 is 2.68 bits per heavy atom. The molecular formula is C18H28IN5O. The maximum Gasteiger partial charge on any atom is 0.191 e. The maximum atomic E-state index is 5.98. The van der Waals surface area contributed by atoms with Crippen molar-refractivity contribution in [3.63, 3.8) is 0 Å². The third-order valence-corrected chi connectivity index (χ3v) is 3.64. The van der Waals surface area contributed by atoms with E-state index >= 15 is 0 Å². The molecule has 0 aliphatic heterocycles. The second-order valence-corrected chi connectivity index (χ2v) is 5.72. The lowest BCUT2D eigenvalue weighted by Crippen LogP contribution is -2.41. The molecule has 0 spiro atoms. The summed E-state index contributed by atoms with van der Waals surface area (Å²) in [5.74, 6) is 1.70. The van der Waals surface area contributed by atoms with Crippen LogP contribution >= 0.6 is 24.0 Å². The van der Waals surface area contributed by atoms with Crippen molar-refractivity contribution in [2.45, 2.75) is 33.4 Å². The van der Waals surface area contributed by atoms with E-state index in [4.69, 9.17) is 4.74 Å². The molecule has 1 aromatic heterocycles. The quantitative estimate of drug-likeness (QED) is 0.382. The van der Waals surface area contributed by atoms with E-state index in [0.717, 1.165) is 29.5 Å². The minimum absolute atomic E-state index is 0. The molecule has 0 saturated carbocycles. The number of aryl methyl sites for hydroxylation is 2. The number of rotatable bonds is 7. The van der Waals surface area contributed by atoms with Crippen molar-refractivity contribution in [2.24, 2.45) is 12.0 Å². The Kier molecular flexibility index (Phi) is 9.33. The molecule has 2 rings (SSSR count). The van der Waals surface area contributed by atoms with Crippen LogP contribution in [0.2, 0.25) is 0 Å². The second-order valence-electron chi connectivity index (χ2n) is 5.72. The second kappa shape index (κ2) is 11.0. The topological polar surface area (TPSA) is 63.5 Å². The standard InChI is InChI=1S/C18H27N5O.HI/c1-5-19-18(21-13-16-10-11-22-23(16)4)20-12-15(3)24-17-9-7-6-8-14(17)2;/h6-11,15H,5,12-13H2,1-4H3,(H2,19,20,21);1H. The van der Waals surface area contributed by atoms with E-state index in [1.54, 1.807) is 6.20 Å². The molecule has 1 heterocycles. The van der Waals surface area contributed by atoms with Gasteiger partial charge in [-0.05, 0) is 38.5 Å². The molecule has 1 aromatic carbocycles. The van der Waals surface area contributed by atoms with E-state index in [2.05, 4.69) is 40.6 Å². The molecule has 0 amide bonds. The predicted octanol–water partition coefficient (Wildman–Crippen LogP) is 2.87. The number of benzene rings is 1. The first-order chi connectivity index (χ1) is 11.6. The minimum Gasteiger partial charge on any atom is -0.489 e. The van der Waals surface area contributed by atoms with Gasteiger partial charge in [0.2, 0.25) is 0 Å². The first-order valence-corrected chi connectivity index (χ1v) is 8.31. The van der Waals surface area contributed by atoms with Crippen LogP contribution in [0, 0.1) is 6.92 Å². The first kappa shape index (κ1) is 21.3. The fraction of sp³-hybridized carbons (Fsp3) is 0.444. The van der Waals surface area contributed by atoms with Gasteiger partial charge in [0.05, 0.1) is 18.8 Å². The van der Waals surface area contributed by atoms with Gasteiger partial charge in [-0.2, -0.15) is 5.10 Å². The lowest BCUT2D eigenvalue weighted by atomic mass is 10.2. The highest BCUT2D eigenvalue weighted by Crippen LogP contribution is 2.17. The third-order valence-electron chi connectivity index (χ3n) is 3.64. The number of hydrogen-bond donors (Lipinski definition) is 2. The predicted molar refractivity (Wildman–Crippen MR) is 113 cm³/mol. The number of para-hydroxylation sites is 1. The molecular weight excluding hydrogens is 429 g/mol. The summed E-state index contributed by atoms with van der Waals surface area (Å²) in [4.78, 5) is 4.59. The number of hydrogen-bond acceptors (Lipinski definition) is 3. The summed E-state index contributed by atoms with van der Waals surface area (Å²) < 4.78 is 7.81. The average Bonchev–Trinajstić information content (AvgIpc) is 2.97. The largest absolute Gasteiger partial charge is 0.489 e. The lowest BCUT2D eigenvalue weighted by Gasteiger charge is -2.18. The zero-order valence-electron chi connectivity index (χ0n) is 15.3. The van der Waals surface area contributed by atoms with Gasteiger partial charge in [0.15, 0.2) is 5.96 Å². The molecule has 0 fully saturated rings. The van der Waals surface area contributed by atoms with Crippen LogP contribution in [0.1, 0.15) is 25.1 Å². The molecule has 7 heteroatoms. The Morgan fingerprint density at radius 2 is 2.04 bits per heavy atom. The molecule has 0 aliphatic carbocycles. The lowest BCUT2D eigenvalue weighted by molar-refractivity contribution is 0.222. The number of aliphatic imine (C=N–C) groups is 1. The Hall–Kier alpha value is -1.77. The Labute approximate surface area is 167 Å². The van der Waals surface area contributed by atoms with Gasteiger partial charge in [0.25, 0.3) is 0 Å². The SMILES string of the molecule is CCNC(=NCc1ccnn1C)NCC(C)Oc1ccccc1C.I. The van der Waals surface area contributed by atoms with Gasteiger partial charge < -0.3 is 15.4 Å². The summed E-state index contributed by atoms with van der Waals surface area (Å²) in [7, 11) is 1.92. The number of guanidine groups is 1. The molecule has 2 N–H and O–H groups in total. The third kappa shape index (κ3) is 6.93. The number of halogens is 1. The van der Waals surface area contributed by atoms with Crippen LogP contribution in [-0.4, -0.2) is 34.9 Å². The van der Waals surface area contributed by atoms with Gasteiger partial charge in [0.1, 0.15) is 11.9 Å². The summed E-state index contributed by atoms with van der Waals surface area (Å²) in [6, 6.07) is 10.0. The van der Waals surface area contributed by atoms with Crippen molar-refractivity contribution >= 4 is 29.9 Å². The normalized spacial score (nSPS) is 12.2. The molecule has 0 aliphatic rings. The highest BCUT2D eigenvalue weighted by atomic mass is 127. The van der Waals surface area contributed by atoms with Crippen LogP contribution in [0.25, 0.3) is 0 Å². The van der Waals surface area contributed by atoms with Crippen LogP contribution in [0.5, 0.6) is 5.75 Å².